The van der Waals surface area contributed by atoms with Crippen molar-refractivity contribution < 1.29 is 22.8 Å². The lowest BCUT2D eigenvalue weighted by atomic mass is 10.1. The molecule has 0 aromatic heterocycles. The van der Waals surface area contributed by atoms with Gasteiger partial charge in [0.05, 0.1) is 11.6 Å². The van der Waals surface area contributed by atoms with Gasteiger partial charge in [-0.1, -0.05) is 17.7 Å². The minimum atomic E-state index is -1.65. The van der Waals surface area contributed by atoms with Crippen LogP contribution < -0.4 is 10.2 Å². The van der Waals surface area contributed by atoms with Crippen molar-refractivity contribution in [2.45, 2.75) is 13.3 Å². The van der Waals surface area contributed by atoms with E-state index in [9.17, 15) is 22.8 Å². The van der Waals surface area contributed by atoms with E-state index in [2.05, 4.69) is 5.32 Å². The van der Waals surface area contributed by atoms with Gasteiger partial charge in [-0.15, -0.1) is 0 Å². The van der Waals surface area contributed by atoms with Crippen LogP contribution in [0.25, 0.3) is 0 Å². The Bertz CT molecular complexity index is 837. The van der Waals surface area contributed by atoms with Crippen LogP contribution in [-0.2, 0) is 9.59 Å². The molecule has 1 N–H and O–H groups in total. The molecule has 0 saturated carbocycles. The molecule has 2 aromatic rings. The van der Waals surface area contributed by atoms with Crippen molar-refractivity contribution in [3.8, 4) is 0 Å². The quantitative estimate of drug-likeness (QED) is 0.865. The molecule has 130 valence electrons. The third kappa shape index (κ3) is 3.35. The van der Waals surface area contributed by atoms with Gasteiger partial charge in [-0.2, -0.15) is 0 Å². The predicted molar refractivity (Wildman–Crippen MR) is 86.6 cm³/mol. The number of halogens is 3. The number of nitrogens with one attached hydrogen (secondary N) is 1. The predicted octanol–water partition coefficient (Wildman–Crippen LogP) is 3.40. The molecule has 1 heterocycles. The first kappa shape index (κ1) is 17.0. The summed E-state index contributed by atoms with van der Waals surface area (Å²) >= 11 is 0. The molecular weight excluding hydrogens is 333 g/mol. The van der Waals surface area contributed by atoms with Gasteiger partial charge in [0.1, 0.15) is 0 Å². The van der Waals surface area contributed by atoms with E-state index in [1.807, 2.05) is 19.1 Å². The van der Waals surface area contributed by atoms with Gasteiger partial charge in [0.2, 0.25) is 11.8 Å². The minimum absolute atomic E-state index is 0.0367. The Labute approximate surface area is 142 Å². The Morgan fingerprint density at radius 3 is 2.44 bits per heavy atom. The highest BCUT2D eigenvalue weighted by atomic mass is 19.2. The lowest BCUT2D eigenvalue weighted by Gasteiger charge is -2.17. The first-order valence-electron chi connectivity index (χ1n) is 7.68. The molecule has 1 atom stereocenters. The zero-order valence-electron chi connectivity index (χ0n) is 13.4. The molecule has 7 heteroatoms. The second-order valence-electron chi connectivity index (χ2n) is 5.95. The molecular formula is C18H15F3N2O2. The maximum Gasteiger partial charge on any atom is 0.229 e. The number of rotatable bonds is 3. The highest BCUT2D eigenvalue weighted by molar-refractivity contribution is 6.03. The van der Waals surface area contributed by atoms with E-state index in [-0.39, 0.29) is 18.9 Å². The number of hydrogen-bond donors (Lipinski definition) is 1. The summed E-state index contributed by atoms with van der Waals surface area (Å²) in [5.74, 6) is -6.00. The van der Waals surface area contributed by atoms with Crippen molar-refractivity contribution in [2.75, 3.05) is 16.8 Å². The third-order valence-corrected chi connectivity index (χ3v) is 4.13. The van der Waals surface area contributed by atoms with Crippen molar-refractivity contribution in [1.29, 1.82) is 0 Å². The molecule has 3 rings (SSSR count). The Balaban J connectivity index is 1.73. The van der Waals surface area contributed by atoms with Gasteiger partial charge >= 0.3 is 0 Å². The molecule has 1 aliphatic heterocycles. The fourth-order valence-corrected chi connectivity index (χ4v) is 2.71. The minimum Gasteiger partial charge on any atom is -0.323 e. The molecule has 4 nitrogen and oxygen atoms in total. The number of hydrogen-bond acceptors (Lipinski definition) is 2. The van der Waals surface area contributed by atoms with Crippen LogP contribution in [-0.4, -0.2) is 18.4 Å². The molecule has 1 saturated heterocycles. The molecule has 25 heavy (non-hydrogen) atoms. The Morgan fingerprint density at radius 1 is 1.08 bits per heavy atom. The maximum absolute atomic E-state index is 13.7. The molecule has 0 radical (unpaired) electrons. The van der Waals surface area contributed by atoms with Gasteiger partial charge in [0.15, 0.2) is 17.5 Å². The van der Waals surface area contributed by atoms with E-state index in [0.717, 1.165) is 17.7 Å². The summed E-state index contributed by atoms with van der Waals surface area (Å²) in [4.78, 5) is 25.9. The van der Waals surface area contributed by atoms with Crippen LogP contribution in [0.15, 0.2) is 36.4 Å². The molecule has 1 aliphatic rings. The fourth-order valence-electron chi connectivity index (χ4n) is 2.71. The van der Waals surface area contributed by atoms with Crippen molar-refractivity contribution in [2.24, 2.45) is 5.92 Å². The highest BCUT2D eigenvalue weighted by Crippen LogP contribution is 2.27. The fraction of sp³-hybridized carbons (Fsp3) is 0.222. The lowest BCUT2D eigenvalue weighted by Crippen LogP contribution is -2.28. The Hall–Kier alpha value is -2.83. The third-order valence-electron chi connectivity index (χ3n) is 4.13. The number of aryl methyl sites for hydroxylation is 1. The van der Waals surface area contributed by atoms with Crippen molar-refractivity contribution in [1.82, 2.24) is 0 Å². The lowest BCUT2D eigenvalue weighted by molar-refractivity contribution is -0.122. The van der Waals surface area contributed by atoms with E-state index in [1.54, 1.807) is 12.1 Å². The summed E-state index contributed by atoms with van der Waals surface area (Å²) in [7, 11) is 0. The largest absolute Gasteiger partial charge is 0.323 e. The molecule has 2 aromatic carbocycles. The molecule has 0 spiro atoms. The zero-order chi connectivity index (χ0) is 18.1. The number of nitrogens with zero attached hydrogens (tertiary/aromatic N) is 1. The average molecular weight is 348 g/mol. The summed E-state index contributed by atoms with van der Waals surface area (Å²) in [6, 6.07) is 8.94. The van der Waals surface area contributed by atoms with E-state index >= 15 is 0 Å². The second kappa shape index (κ2) is 6.58. The molecule has 2 amide bonds. The van der Waals surface area contributed by atoms with Gasteiger partial charge in [-0.25, -0.2) is 13.2 Å². The topological polar surface area (TPSA) is 49.4 Å². The SMILES string of the molecule is Cc1ccc(N2CC(C(=O)Nc3ccc(F)c(F)c3F)CC2=O)cc1. The number of benzene rings is 2. The van der Waals surface area contributed by atoms with Crippen LogP contribution in [0, 0.1) is 30.3 Å². The first-order valence-corrected chi connectivity index (χ1v) is 7.68. The molecule has 0 aliphatic carbocycles. The van der Waals surface area contributed by atoms with Crippen molar-refractivity contribution >= 4 is 23.2 Å². The zero-order valence-corrected chi connectivity index (χ0v) is 13.4. The van der Waals surface area contributed by atoms with Crippen LogP contribution in [0.1, 0.15) is 12.0 Å². The summed E-state index contributed by atoms with van der Waals surface area (Å²) in [6.07, 6.45) is -0.0367. The van der Waals surface area contributed by atoms with Crippen LogP contribution in [0.4, 0.5) is 24.5 Å². The maximum atomic E-state index is 13.7. The monoisotopic (exact) mass is 348 g/mol. The average Bonchev–Trinajstić information content (AvgIpc) is 2.98. The van der Waals surface area contributed by atoms with E-state index in [1.165, 1.54) is 4.90 Å². The van der Waals surface area contributed by atoms with Crippen LogP contribution >= 0.6 is 0 Å². The van der Waals surface area contributed by atoms with E-state index < -0.39 is 35.0 Å². The van der Waals surface area contributed by atoms with E-state index in [4.69, 9.17) is 0 Å². The van der Waals surface area contributed by atoms with Crippen molar-refractivity contribution in [3.05, 3.63) is 59.4 Å². The standard InChI is InChI=1S/C18H15F3N2O2/c1-10-2-4-12(5-3-10)23-9-11(8-15(23)24)18(25)22-14-7-6-13(19)16(20)17(14)21/h2-7,11H,8-9H2,1H3,(H,22,25). The summed E-state index contributed by atoms with van der Waals surface area (Å²) in [6.45, 7) is 2.06. The first-order chi connectivity index (χ1) is 11.9. The van der Waals surface area contributed by atoms with Gasteiger partial charge in [-0.05, 0) is 31.2 Å². The summed E-state index contributed by atoms with van der Waals surface area (Å²) < 4.78 is 39.8. The normalized spacial score (nSPS) is 17.0. The summed E-state index contributed by atoms with van der Waals surface area (Å²) in [5.41, 5.74) is 1.26. The Morgan fingerprint density at radius 2 is 1.76 bits per heavy atom. The molecule has 1 unspecified atom stereocenters. The summed E-state index contributed by atoms with van der Waals surface area (Å²) in [5, 5.41) is 2.22. The van der Waals surface area contributed by atoms with Crippen LogP contribution in [0.2, 0.25) is 0 Å². The van der Waals surface area contributed by atoms with Crippen LogP contribution in [0.5, 0.6) is 0 Å². The van der Waals surface area contributed by atoms with Gasteiger partial charge in [0.25, 0.3) is 0 Å². The second-order valence-corrected chi connectivity index (χ2v) is 5.95. The molecule has 0 bridgehead atoms. The van der Waals surface area contributed by atoms with E-state index in [0.29, 0.717) is 5.69 Å². The van der Waals surface area contributed by atoms with Gasteiger partial charge < -0.3 is 10.2 Å². The van der Waals surface area contributed by atoms with Gasteiger partial charge in [-0.3, -0.25) is 9.59 Å². The van der Waals surface area contributed by atoms with Gasteiger partial charge in [0, 0.05) is 18.7 Å². The van der Waals surface area contributed by atoms with Crippen LogP contribution in [0.3, 0.4) is 0 Å². The number of amides is 2. The molecule has 1 fully saturated rings. The number of carbonyl (C=O) groups excluding carboxylic acids is 2. The Kier molecular flexibility index (Phi) is 4.48. The number of carbonyl (C=O) groups is 2. The smallest absolute Gasteiger partial charge is 0.229 e. The van der Waals surface area contributed by atoms with Crippen molar-refractivity contribution in [3.63, 3.8) is 0 Å². The highest BCUT2D eigenvalue weighted by Gasteiger charge is 2.35. The number of anilines is 2.